The Balaban J connectivity index is 2.17. The van der Waals surface area contributed by atoms with Crippen LogP contribution in [-0.4, -0.2) is 20.8 Å². The van der Waals surface area contributed by atoms with Crippen molar-refractivity contribution in [3.8, 4) is 5.82 Å². The molecule has 0 saturated carbocycles. The third-order valence-corrected chi connectivity index (χ3v) is 2.80. The van der Waals surface area contributed by atoms with E-state index < -0.39 is 0 Å². The summed E-state index contributed by atoms with van der Waals surface area (Å²) in [6.45, 7) is 6.26. The molecule has 1 atom stereocenters. The molecule has 4 nitrogen and oxygen atoms in total. The van der Waals surface area contributed by atoms with Crippen LogP contribution in [0.15, 0.2) is 30.6 Å². The van der Waals surface area contributed by atoms with E-state index in [-0.39, 0.29) is 6.04 Å². The third kappa shape index (κ3) is 2.96. The van der Waals surface area contributed by atoms with Gasteiger partial charge < -0.3 is 5.73 Å². The van der Waals surface area contributed by atoms with E-state index in [4.69, 9.17) is 5.73 Å². The minimum atomic E-state index is 0.162. The van der Waals surface area contributed by atoms with Gasteiger partial charge in [0.05, 0.1) is 5.69 Å². The molecule has 18 heavy (non-hydrogen) atoms. The first-order valence-electron chi connectivity index (χ1n) is 6.32. The molecular weight excluding hydrogens is 224 g/mol. The third-order valence-electron chi connectivity index (χ3n) is 2.80. The largest absolute Gasteiger partial charge is 0.328 e. The Hall–Kier alpha value is -1.68. The fourth-order valence-corrected chi connectivity index (χ4v) is 1.82. The molecule has 0 saturated heterocycles. The van der Waals surface area contributed by atoms with Gasteiger partial charge in [-0.2, -0.15) is 5.10 Å². The molecule has 1 unspecified atom stereocenters. The molecule has 0 aliphatic carbocycles. The second-order valence-electron chi connectivity index (χ2n) is 5.05. The number of nitrogens with zero attached hydrogens (tertiary/aromatic N) is 3. The van der Waals surface area contributed by atoms with Gasteiger partial charge in [0.1, 0.15) is 0 Å². The predicted molar refractivity (Wildman–Crippen MR) is 72.8 cm³/mol. The van der Waals surface area contributed by atoms with Crippen molar-refractivity contribution in [2.24, 2.45) is 5.73 Å². The zero-order valence-corrected chi connectivity index (χ0v) is 11.2. The van der Waals surface area contributed by atoms with Gasteiger partial charge in [-0.15, -0.1) is 0 Å². The fraction of sp³-hybridized carbons (Fsp3) is 0.429. The van der Waals surface area contributed by atoms with Crippen molar-refractivity contribution in [2.75, 3.05) is 0 Å². The summed E-state index contributed by atoms with van der Waals surface area (Å²) in [6.07, 6.45) is 4.67. The second-order valence-corrected chi connectivity index (χ2v) is 5.05. The van der Waals surface area contributed by atoms with Gasteiger partial charge in [0.25, 0.3) is 0 Å². The van der Waals surface area contributed by atoms with Gasteiger partial charge in [-0.3, -0.25) is 0 Å². The molecule has 0 spiro atoms. The van der Waals surface area contributed by atoms with E-state index in [2.05, 4.69) is 30.0 Å². The molecule has 0 bridgehead atoms. The fourth-order valence-electron chi connectivity index (χ4n) is 1.82. The van der Waals surface area contributed by atoms with E-state index in [1.807, 2.05) is 36.1 Å². The number of pyridine rings is 1. The summed E-state index contributed by atoms with van der Waals surface area (Å²) in [7, 11) is 0. The number of nitrogens with two attached hydrogens (primary N) is 1. The van der Waals surface area contributed by atoms with Crippen molar-refractivity contribution in [1.82, 2.24) is 14.8 Å². The average molecular weight is 244 g/mol. The maximum Gasteiger partial charge on any atom is 0.153 e. The van der Waals surface area contributed by atoms with E-state index in [1.165, 1.54) is 0 Å². The van der Waals surface area contributed by atoms with Crippen molar-refractivity contribution in [1.29, 1.82) is 0 Å². The van der Waals surface area contributed by atoms with Gasteiger partial charge in [0.15, 0.2) is 5.82 Å². The van der Waals surface area contributed by atoms with Crippen LogP contribution in [-0.2, 0) is 6.42 Å². The first kappa shape index (κ1) is 12.8. The van der Waals surface area contributed by atoms with Crippen molar-refractivity contribution in [3.63, 3.8) is 0 Å². The number of hydrogen-bond donors (Lipinski definition) is 1. The Labute approximate surface area is 108 Å². The van der Waals surface area contributed by atoms with Crippen molar-refractivity contribution in [2.45, 2.75) is 39.2 Å². The molecule has 0 aromatic carbocycles. The summed E-state index contributed by atoms with van der Waals surface area (Å²) < 4.78 is 1.81. The first-order chi connectivity index (χ1) is 8.56. The summed E-state index contributed by atoms with van der Waals surface area (Å²) in [6, 6.07) is 6.23. The second kappa shape index (κ2) is 5.31. The summed E-state index contributed by atoms with van der Waals surface area (Å²) >= 11 is 0. The van der Waals surface area contributed by atoms with Crippen LogP contribution in [0.25, 0.3) is 5.82 Å². The van der Waals surface area contributed by atoms with Gasteiger partial charge in [0.2, 0.25) is 0 Å². The van der Waals surface area contributed by atoms with Crippen LogP contribution in [0.4, 0.5) is 0 Å². The first-order valence-corrected chi connectivity index (χ1v) is 6.32. The Kier molecular flexibility index (Phi) is 3.77. The smallest absolute Gasteiger partial charge is 0.153 e. The lowest BCUT2D eigenvalue weighted by Crippen LogP contribution is -2.17. The molecule has 2 N–H and O–H groups in total. The molecule has 2 aromatic heterocycles. The SMILES string of the molecule is CC(N)Cc1ccc(-n2ccc(C(C)C)n2)nc1. The van der Waals surface area contributed by atoms with Crippen LogP contribution in [0.5, 0.6) is 0 Å². The Morgan fingerprint density at radius 2 is 2.00 bits per heavy atom. The van der Waals surface area contributed by atoms with Crippen LogP contribution in [0.1, 0.15) is 37.9 Å². The molecule has 96 valence electrons. The average Bonchev–Trinajstić information content (AvgIpc) is 2.78. The molecule has 0 radical (unpaired) electrons. The lowest BCUT2D eigenvalue weighted by atomic mass is 10.1. The topological polar surface area (TPSA) is 56.7 Å². The molecule has 0 aliphatic heterocycles. The highest BCUT2D eigenvalue weighted by molar-refractivity contribution is 5.25. The lowest BCUT2D eigenvalue weighted by molar-refractivity contribution is 0.730. The molecule has 0 amide bonds. The molecule has 0 fully saturated rings. The molecule has 4 heteroatoms. The minimum absolute atomic E-state index is 0.162. The summed E-state index contributed by atoms with van der Waals surface area (Å²) in [5, 5.41) is 4.50. The predicted octanol–water partition coefficient (Wildman–Crippen LogP) is 2.28. The number of aromatic nitrogens is 3. The standard InChI is InChI=1S/C14H20N4/c1-10(2)13-6-7-18(17-13)14-5-4-12(9-16-14)8-11(3)15/h4-7,9-11H,8,15H2,1-3H3. The van der Waals surface area contributed by atoms with Crippen molar-refractivity contribution >= 4 is 0 Å². The van der Waals surface area contributed by atoms with Crippen LogP contribution in [0.2, 0.25) is 0 Å². The van der Waals surface area contributed by atoms with Crippen LogP contribution >= 0.6 is 0 Å². The highest BCUT2D eigenvalue weighted by Gasteiger charge is 2.06. The minimum Gasteiger partial charge on any atom is -0.328 e. The Morgan fingerprint density at radius 1 is 1.22 bits per heavy atom. The summed E-state index contributed by atoms with van der Waals surface area (Å²) in [5.41, 5.74) is 8.00. The molecular formula is C14H20N4. The number of hydrogen-bond acceptors (Lipinski definition) is 3. The van der Waals surface area contributed by atoms with Gasteiger partial charge in [0, 0.05) is 18.4 Å². The maximum absolute atomic E-state index is 5.76. The van der Waals surface area contributed by atoms with Gasteiger partial charge >= 0.3 is 0 Å². The van der Waals surface area contributed by atoms with E-state index in [0.717, 1.165) is 23.5 Å². The van der Waals surface area contributed by atoms with Gasteiger partial charge in [-0.05, 0) is 37.0 Å². The zero-order chi connectivity index (χ0) is 13.1. The molecule has 2 heterocycles. The molecule has 2 aromatic rings. The Morgan fingerprint density at radius 3 is 2.50 bits per heavy atom. The maximum atomic E-state index is 5.76. The number of rotatable bonds is 4. The van der Waals surface area contributed by atoms with Gasteiger partial charge in [-0.25, -0.2) is 9.67 Å². The van der Waals surface area contributed by atoms with Crippen LogP contribution in [0, 0.1) is 0 Å². The molecule has 2 rings (SSSR count). The van der Waals surface area contributed by atoms with E-state index in [9.17, 15) is 0 Å². The zero-order valence-electron chi connectivity index (χ0n) is 11.2. The monoisotopic (exact) mass is 244 g/mol. The van der Waals surface area contributed by atoms with Gasteiger partial charge in [-0.1, -0.05) is 19.9 Å². The summed E-state index contributed by atoms with van der Waals surface area (Å²) in [5.74, 6) is 1.28. The van der Waals surface area contributed by atoms with E-state index >= 15 is 0 Å². The Bertz CT molecular complexity index is 497. The highest BCUT2D eigenvalue weighted by atomic mass is 15.3. The highest BCUT2D eigenvalue weighted by Crippen LogP contribution is 2.13. The van der Waals surface area contributed by atoms with E-state index in [1.54, 1.807) is 0 Å². The normalized spacial score (nSPS) is 12.9. The van der Waals surface area contributed by atoms with Crippen LogP contribution < -0.4 is 5.73 Å². The lowest BCUT2D eigenvalue weighted by Gasteiger charge is -2.06. The van der Waals surface area contributed by atoms with Crippen molar-refractivity contribution in [3.05, 3.63) is 41.9 Å². The van der Waals surface area contributed by atoms with Crippen LogP contribution in [0.3, 0.4) is 0 Å². The molecule has 0 aliphatic rings. The van der Waals surface area contributed by atoms with Crippen molar-refractivity contribution < 1.29 is 0 Å². The summed E-state index contributed by atoms with van der Waals surface area (Å²) in [4.78, 5) is 4.42. The van der Waals surface area contributed by atoms with E-state index in [0.29, 0.717) is 5.92 Å². The quantitative estimate of drug-likeness (QED) is 0.897.